The number of nitrogens with two attached hydrogens (primary N) is 1. The number of unbranched alkanes of at least 4 members (excludes halogenated alkanes) is 1. The smallest absolute Gasteiger partial charge is 0.340 e. The molecule has 2 N–H and O–H groups in total. The Hall–Kier alpha value is -2.51. The Morgan fingerprint density at radius 3 is 2.47 bits per heavy atom. The highest BCUT2D eigenvalue weighted by molar-refractivity contribution is 6.31. The Morgan fingerprint density at radius 2 is 1.87 bits per heavy atom. The molecule has 0 aliphatic carbocycles. The molecule has 0 aromatic heterocycles. The van der Waals surface area contributed by atoms with Crippen molar-refractivity contribution in [2.75, 3.05) is 33.9 Å². The molecule has 1 aromatic carbocycles. The van der Waals surface area contributed by atoms with Crippen LogP contribution >= 0.6 is 11.6 Å². The third kappa shape index (κ3) is 4.96. The maximum Gasteiger partial charge on any atom is 0.340 e. The van der Waals surface area contributed by atoms with E-state index < -0.39 is 17.9 Å². The molecule has 1 atom stereocenters. The van der Waals surface area contributed by atoms with Crippen molar-refractivity contribution in [1.82, 2.24) is 4.90 Å². The van der Waals surface area contributed by atoms with Crippen molar-refractivity contribution in [1.29, 1.82) is 0 Å². The number of halogens is 1. The summed E-state index contributed by atoms with van der Waals surface area (Å²) in [5, 5.41) is 0.422. The first-order valence-electron chi connectivity index (χ1n) is 9.90. The van der Waals surface area contributed by atoms with Crippen LogP contribution in [0.5, 0.6) is 0 Å². The minimum Gasteiger partial charge on any atom is -0.478 e. The molecule has 1 aliphatic heterocycles. The van der Waals surface area contributed by atoms with E-state index in [0.717, 1.165) is 12.8 Å². The van der Waals surface area contributed by atoms with Gasteiger partial charge in [0, 0.05) is 17.8 Å². The summed E-state index contributed by atoms with van der Waals surface area (Å²) in [7, 11) is 3.04. The molecule has 0 amide bonds. The minimum atomic E-state index is -0.786. The molecule has 1 aliphatic rings. The molecule has 1 unspecified atom stereocenters. The highest BCUT2D eigenvalue weighted by Gasteiger charge is 2.42. The van der Waals surface area contributed by atoms with Gasteiger partial charge in [0.25, 0.3) is 0 Å². The van der Waals surface area contributed by atoms with Gasteiger partial charge in [-0.25, -0.2) is 9.59 Å². The molecule has 8 heteroatoms. The molecule has 7 nitrogen and oxygen atoms in total. The van der Waals surface area contributed by atoms with Crippen molar-refractivity contribution in [2.24, 2.45) is 5.73 Å². The van der Waals surface area contributed by atoms with Gasteiger partial charge in [-0.2, -0.15) is 0 Å². The van der Waals surface area contributed by atoms with Gasteiger partial charge in [0.1, 0.15) is 5.57 Å². The monoisotopic (exact) mass is 436 g/mol. The van der Waals surface area contributed by atoms with E-state index in [0.29, 0.717) is 40.9 Å². The third-order valence-corrected chi connectivity index (χ3v) is 5.30. The fourth-order valence-electron chi connectivity index (χ4n) is 3.39. The molecule has 0 radical (unpaired) electrons. The van der Waals surface area contributed by atoms with Crippen molar-refractivity contribution in [2.45, 2.75) is 32.6 Å². The summed E-state index contributed by atoms with van der Waals surface area (Å²) in [6.07, 6.45) is 1.52. The Kier molecular flexibility index (Phi) is 8.74. The van der Waals surface area contributed by atoms with Crippen LogP contribution in [0.1, 0.15) is 38.2 Å². The Balaban J connectivity index is 2.71. The summed E-state index contributed by atoms with van der Waals surface area (Å²) >= 11 is 6.48. The lowest BCUT2D eigenvalue weighted by atomic mass is 9.81. The number of hydrogen-bond donors (Lipinski definition) is 1. The molecular weight excluding hydrogens is 408 g/mol. The lowest BCUT2D eigenvalue weighted by Gasteiger charge is -2.36. The predicted octanol–water partition coefficient (Wildman–Crippen LogP) is 3.35. The zero-order valence-electron chi connectivity index (χ0n) is 17.9. The number of nitrogens with zero attached hydrogens (tertiary/aromatic N) is 1. The maximum absolute atomic E-state index is 13.1. The first kappa shape index (κ1) is 23.8. The lowest BCUT2D eigenvalue weighted by Crippen LogP contribution is -2.35. The van der Waals surface area contributed by atoms with Gasteiger partial charge < -0.3 is 24.8 Å². The summed E-state index contributed by atoms with van der Waals surface area (Å²) in [6.45, 7) is 4.60. The van der Waals surface area contributed by atoms with Crippen LogP contribution in [0.3, 0.4) is 0 Å². The number of benzene rings is 1. The van der Waals surface area contributed by atoms with E-state index in [1.54, 1.807) is 50.1 Å². The van der Waals surface area contributed by atoms with E-state index in [-0.39, 0.29) is 12.2 Å². The van der Waals surface area contributed by atoms with E-state index in [4.69, 9.17) is 31.5 Å². The second kappa shape index (κ2) is 11.0. The van der Waals surface area contributed by atoms with Gasteiger partial charge in [-0.15, -0.1) is 0 Å². The zero-order valence-corrected chi connectivity index (χ0v) is 18.6. The van der Waals surface area contributed by atoms with Gasteiger partial charge in [-0.3, -0.25) is 0 Å². The summed E-state index contributed by atoms with van der Waals surface area (Å²) in [5.41, 5.74) is 7.29. The number of carbonyl (C=O) groups is 2. The van der Waals surface area contributed by atoms with Gasteiger partial charge in [0.15, 0.2) is 0 Å². The van der Waals surface area contributed by atoms with Gasteiger partial charge in [0.05, 0.1) is 31.8 Å². The molecule has 164 valence electrons. The zero-order chi connectivity index (χ0) is 22.3. The molecular formula is C22H29ClN2O5. The van der Waals surface area contributed by atoms with Crippen molar-refractivity contribution in [3.63, 3.8) is 0 Å². The van der Waals surface area contributed by atoms with Gasteiger partial charge in [-0.1, -0.05) is 29.8 Å². The second-order valence-corrected chi connectivity index (χ2v) is 7.19. The Bertz CT molecular complexity index is 850. The van der Waals surface area contributed by atoms with E-state index >= 15 is 0 Å². The highest BCUT2D eigenvalue weighted by Crippen LogP contribution is 2.44. The number of allylic oxidation sites excluding steroid dienone is 1. The van der Waals surface area contributed by atoms with E-state index in [1.165, 1.54) is 7.11 Å². The molecule has 0 saturated heterocycles. The summed E-state index contributed by atoms with van der Waals surface area (Å²) < 4.78 is 16.4. The van der Waals surface area contributed by atoms with Crippen LogP contribution in [-0.2, 0) is 23.8 Å². The van der Waals surface area contributed by atoms with Gasteiger partial charge in [-0.05, 0) is 44.9 Å². The number of carbonyl (C=O) groups excluding carboxylic acids is 2. The normalized spacial score (nSPS) is 16.6. The van der Waals surface area contributed by atoms with E-state index in [1.807, 2.05) is 0 Å². The molecule has 30 heavy (non-hydrogen) atoms. The molecule has 1 aromatic rings. The van der Waals surface area contributed by atoms with Crippen LogP contribution < -0.4 is 5.73 Å². The summed E-state index contributed by atoms with van der Waals surface area (Å²) in [5.74, 6) is -1.57. The maximum atomic E-state index is 13.1. The van der Waals surface area contributed by atoms with Crippen molar-refractivity contribution in [3.8, 4) is 0 Å². The SMILES string of the molecule is CCOC(=O)C1=C(OCCCCN)N(C)C(C)=C(C(=O)OC)C1c1ccccc1Cl. The number of esters is 2. The van der Waals surface area contributed by atoms with Crippen LogP contribution in [-0.4, -0.2) is 50.8 Å². The largest absolute Gasteiger partial charge is 0.478 e. The number of hydrogen-bond acceptors (Lipinski definition) is 7. The Labute approximate surface area is 182 Å². The van der Waals surface area contributed by atoms with Crippen molar-refractivity contribution < 1.29 is 23.8 Å². The summed E-state index contributed by atoms with van der Waals surface area (Å²) in [4.78, 5) is 27.5. The molecule has 0 saturated carbocycles. The molecule has 0 bridgehead atoms. The molecule has 0 spiro atoms. The van der Waals surface area contributed by atoms with Crippen molar-refractivity contribution in [3.05, 3.63) is 57.6 Å². The van der Waals surface area contributed by atoms with Crippen LogP contribution in [0.15, 0.2) is 47.0 Å². The average molecular weight is 437 g/mol. The van der Waals surface area contributed by atoms with Gasteiger partial charge in [0.2, 0.25) is 5.88 Å². The number of rotatable bonds is 9. The predicted molar refractivity (Wildman–Crippen MR) is 115 cm³/mol. The minimum absolute atomic E-state index is 0.179. The quantitative estimate of drug-likeness (QED) is 0.468. The van der Waals surface area contributed by atoms with E-state index in [2.05, 4.69) is 0 Å². The average Bonchev–Trinajstić information content (AvgIpc) is 2.73. The lowest BCUT2D eigenvalue weighted by molar-refractivity contribution is -0.139. The number of methoxy groups -OCH3 is 1. The van der Waals surface area contributed by atoms with Crippen LogP contribution in [0, 0.1) is 0 Å². The molecule has 2 rings (SSSR count). The van der Waals surface area contributed by atoms with Crippen LogP contribution in [0.2, 0.25) is 5.02 Å². The second-order valence-electron chi connectivity index (χ2n) is 6.79. The topological polar surface area (TPSA) is 91.1 Å². The van der Waals surface area contributed by atoms with Gasteiger partial charge >= 0.3 is 11.9 Å². The van der Waals surface area contributed by atoms with Crippen LogP contribution in [0.4, 0.5) is 0 Å². The summed E-state index contributed by atoms with van der Waals surface area (Å²) in [6, 6.07) is 7.07. The number of ether oxygens (including phenoxy) is 3. The molecule has 0 fully saturated rings. The standard InChI is InChI=1S/C22H29ClN2O5/c1-5-29-22(27)19-18(15-10-6-7-11-16(15)23)17(21(26)28-4)14(2)25(3)20(19)30-13-9-8-12-24/h6-7,10-11,18H,5,8-9,12-13,24H2,1-4H3. The highest BCUT2D eigenvalue weighted by atomic mass is 35.5. The molecule has 1 heterocycles. The third-order valence-electron chi connectivity index (χ3n) is 4.96. The fraction of sp³-hybridized carbons (Fsp3) is 0.455. The first-order chi connectivity index (χ1) is 14.4. The van der Waals surface area contributed by atoms with E-state index in [9.17, 15) is 9.59 Å². The Morgan fingerprint density at radius 1 is 1.17 bits per heavy atom. The first-order valence-corrected chi connectivity index (χ1v) is 10.3. The van der Waals surface area contributed by atoms with Crippen LogP contribution in [0.25, 0.3) is 0 Å². The fourth-order valence-corrected chi connectivity index (χ4v) is 3.63. The van der Waals surface area contributed by atoms with Crippen molar-refractivity contribution >= 4 is 23.5 Å².